The fraction of sp³-hybridized carbons (Fsp3) is 0.133. The number of nitrogens with zero attached hydrogens (tertiary/aromatic N) is 1. The largest absolute Gasteiger partial charge is 0.370 e. The summed E-state index contributed by atoms with van der Waals surface area (Å²) < 4.78 is 0. The summed E-state index contributed by atoms with van der Waals surface area (Å²) in [7, 11) is 0. The first-order valence-electron chi connectivity index (χ1n) is 6.44. The molecule has 1 amide bonds. The van der Waals surface area contributed by atoms with E-state index < -0.39 is 4.92 Å². The zero-order valence-corrected chi connectivity index (χ0v) is 11.3. The number of primary amides is 1. The number of nitrogens with two attached hydrogens (primary N) is 1. The maximum atomic E-state index is 10.9. The van der Waals surface area contributed by atoms with Gasteiger partial charge < -0.3 is 11.1 Å². The van der Waals surface area contributed by atoms with Crippen molar-refractivity contribution in [2.45, 2.75) is 12.8 Å². The van der Waals surface area contributed by atoms with Crippen molar-refractivity contribution in [3.63, 3.8) is 0 Å². The summed E-state index contributed by atoms with van der Waals surface area (Å²) in [6.45, 7) is 0. The molecule has 0 radical (unpaired) electrons. The van der Waals surface area contributed by atoms with Crippen molar-refractivity contribution >= 4 is 23.0 Å². The van der Waals surface area contributed by atoms with Gasteiger partial charge in [0.15, 0.2) is 0 Å². The van der Waals surface area contributed by atoms with Gasteiger partial charge in [0.1, 0.15) is 5.69 Å². The number of carbonyl (C=O) groups is 1. The second kappa shape index (κ2) is 6.51. The first-order valence-corrected chi connectivity index (χ1v) is 6.44. The Morgan fingerprint density at radius 2 is 1.81 bits per heavy atom. The number of nitrogens with one attached hydrogen (secondary N) is 1. The number of hydrogen-bond acceptors (Lipinski definition) is 4. The average Bonchev–Trinajstić information content (AvgIpc) is 2.47. The molecule has 2 aromatic rings. The number of nitro benzene ring substituents is 1. The van der Waals surface area contributed by atoms with Crippen molar-refractivity contribution < 1.29 is 9.72 Å². The maximum Gasteiger partial charge on any atom is 0.292 e. The van der Waals surface area contributed by atoms with Gasteiger partial charge in [0.25, 0.3) is 5.69 Å². The van der Waals surface area contributed by atoms with Crippen LogP contribution in [0.15, 0.2) is 48.5 Å². The van der Waals surface area contributed by atoms with E-state index in [0.29, 0.717) is 18.5 Å². The van der Waals surface area contributed by atoms with Crippen LogP contribution in [0.3, 0.4) is 0 Å². The molecule has 2 rings (SSSR count). The number of carbonyl (C=O) groups excluding carboxylic acids is 1. The molecule has 0 aliphatic rings. The van der Waals surface area contributed by atoms with E-state index in [-0.39, 0.29) is 11.6 Å². The fourth-order valence-corrected chi connectivity index (χ4v) is 1.92. The molecule has 0 bridgehead atoms. The lowest BCUT2D eigenvalue weighted by atomic mass is 10.1. The lowest BCUT2D eigenvalue weighted by Gasteiger charge is -2.08. The minimum Gasteiger partial charge on any atom is -0.370 e. The van der Waals surface area contributed by atoms with Gasteiger partial charge in [-0.3, -0.25) is 14.9 Å². The van der Waals surface area contributed by atoms with Crippen LogP contribution in [0.5, 0.6) is 0 Å². The Bertz CT molecular complexity index is 653. The monoisotopic (exact) mass is 285 g/mol. The Kier molecular flexibility index (Phi) is 4.50. The summed E-state index contributed by atoms with van der Waals surface area (Å²) in [6, 6.07) is 13.8. The smallest absolute Gasteiger partial charge is 0.292 e. The predicted molar refractivity (Wildman–Crippen MR) is 80.3 cm³/mol. The van der Waals surface area contributed by atoms with Crippen molar-refractivity contribution in [3.05, 3.63) is 64.2 Å². The van der Waals surface area contributed by atoms with Gasteiger partial charge in [-0.1, -0.05) is 24.3 Å². The normalized spacial score (nSPS) is 10.1. The summed E-state index contributed by atoms with van der Waals surface area (Å²) in [4.78, 5) is 21.2. The molecule has 3 N–H and O–H groups in total. The molecule has 108 valence electrons. The number of aryl methyl sites for hydroxylation is 1. The highest BCUT2D eigenvalue weighted by Crippen LogP contribution is 2.27. The van der Waals surface area contributed by atoms with Crippen LogP contribution in [-0.2, 0) is 11.2 Å². The van der Waals surface area contributed by atoms with Crippen molar-refractivity contribution in [1.29, 1.82) is 0 Å². The first-order chi connectivity index (χ1) is 10.1. The molecule has 0 saturated heterocycles. The highest BCUT2D eigenvalue weighted by molar-refractivity contribution is 5.74. The molecule has 21 heavy (non-hydrogen) atoms. The highest BCUT2D eigenvalue weighted by atomic mass is 16.6. The SMILES string of the molecule is NC(=O)CCc1ccc(Nc2ccccc2[N+](=O)[O-])cc1. The van der Waals surface area contributed by atoms with Crippen LogP contribution in [0.1, 0.15) is 12.0 Å². The summed E-state index contributed by atoms with van der Waals surface area (Å²) >= 11 is 0. The van der Waals surface area contributed by atoms with Gasteiger partial charge in [0.05, 0.1) is 4.92 Å². The molecule has 0 aliphatic carbocycles. The predicted octanol–water partition coefficient (Wildman–Crippen LogP) is 2.76. The number of nitro groups is 1. The average molecular weight is 285 g/mol. The van der Waals surface area contributed by atoms with Crippen LogP contribution in [0.25, 0.3) is 0 Å². The lowest BCUT2D eigenvalue weighted by Crippen LogP contribution is -2.11. The Labute approximate surface area is 121 Å². The molecule has 0 saturated carbocycles. The zero-order chi connectivity index (χ0) is 15.2. The van der Waals surface area contributed by atoms with E-state index in [2.05, 4.69) is 5.32 Å². The maximum absolute atomic E-state index is 10.9. The van der Waals surface area contributed by atoms with Crippen LogP contribution in [0.2, 0.25) is 0 Å². The molecule has 6 heteroatoms. The van der Waals surface area contributed by atoms with E-state index >= 15 is 0 Å². The zero-order valence-electron chi connectivity index (χ0n) is 11.3. The number of rotatable bonds is 6. The summed E-state index contributed by atoms with van der Waals surface area (Å²) in [5, 5.41) is 13.9. The van der Waals surface area contributed by atoms with Crippen molar-refractivity contribution in [1.82, 2.24) is 0 Å². The van der Waals surface area contributed by atoms with Crippen molar-refractivity contribution in [2.75, 3.05) is 5.32 Å². The molecule has 0 aromatic heterocycles. The van der Waals surface area contributed by atoms with Crippen LogP contribution in [0, 0.1) is 10.1 Å². The molecular formula is C15H15N3O3. The van der Waals surface area contributed by atoms with Crippen molar-refractivity contribution in [3.8, 4) is 0 Å². The summed E-state index contributed by atoms with van der Waals surface area (Å²) in [6.07, 6.45) is 0.887. The quantitative estimate of drug-likeness (QED) is 0.629. The molecule has 6 nitrogen and oxygen atoms in total. The van der Waals surface area contributed by atoms with Crippen LogP contribution in [-0.4, -0.2) is 10.8 Å². The number of anilines is 2. The van der Waals surface area contributed by atoms with Gasteiger partial charge in [0, 0.05) is 18.2 Å². The summed E-state index contributed by atoms with van der Waals surface area (Å²) in [5.74, 6) is -0.336. The summed E-state index contributed by atoms with van der Waals surface area (Å²) in [5.41, 5.74) is 7.29. The first kappa shape index (κ1) is 14.5. The second-order valence-electron chi connectivity index (χ2n) is 4.56. The highest BCUT2D eigenvalue weighted by Gasteiger charge is 2.12. The van der Waals surface area contributed by atoms with Crippen molar-refractivity contribution in [2.24, 2.45) is 5.73 Å². The van der Waals surface area contributed by atoms with Crippen LogP contribution >= 0.6 is 0 Å². The minimum atomic E-state index is -0.427. The Balaban J connectivity index is 2.10. The van der Waals surface area contributed by atoms with E-state index in [1.165, 1.54) is 6.07 Å². The van der Waals surface area contributed by atoms with E-state index in [1.54, 1.807) is 18.2 Å². The number of hydrogen-bond donors (Lipinski definition) is 2. The van der Waals surface area contributed by atoms with Gasteiger partial charge >= 0.3 is 0 Å². The third-order valence-electron chi connectivity index (χ3n) is 2.99. The van der Waals surface area contributed by atoms with Gasteiger partial charge in [-0.05, 0) is 30.2 Å². The standard InChI is InChI=1S/C15H15N3O3/c16-15(19)10-7-11-5-8-12(9-6-11)17-13-3-1-2-4-14(13)18(20)21/h1-6,8-9,17H,7,10H2,(H2,16,19). The Morgan fingerprint density at radius 3 is 2.43 bits per heavy atom. The fourth-order valence-electron chi connectivity index (χ4n) is 1.92. The third kappa shape index (κ3) is 4.04. The molecule has 0 spiro atoms. The lowest BCUT2D eigenvalue weighted by molar-refractivity contribution is -0.383. The molecule has 2 aromatic carbocycles. The molecule has 0 fully saturated rings. The van der Waals surface area contributed by atoms with Crippen LogP contribution in [0.4, 0.5) is 17.1 Å². The topological polar surface area (TPSA) is 98.3 Å². The Morgan fingerprint density at radius 1 is 1.14 bits per heavy atom. The number of amides is 1. The molecular weight excluding hydrogens is 270 g/mol. The van der Waals surface area contributed by atoms with Gasteiger partial charge in [-0.15, -0.1) is 0 Å². The third-order valence-corrected chi connectivity index (χ3v) is 2.99. The number of benzene rings is 2. The van der Waals surface area contributed by atoms with E-state index in [4.69, 9.17) is 5.73 Å². The van der Waals surface area contributed by atoms with E-state index in [1.807, 2.05) is 24.3 Å². The second-order valence-corrected chi connectivity index (χ2v) is 4.56. The molecule has 0 heterocycles. The minimum absolute atomic E-state index is 0.0234. The molecule has 0 atom stereocenters. The van der Waals surface area contributed by atoms with Gasteiger partial charge in [0.2, 0.25) is 5.91 Å². The van der Waals surface area contributed by atoms with Crippen LogP contribution < -0.4 is 11.1 Å². The van der Waals surface area contributed by atoms with E-state index in [9.17, 15) is 14.9 Å². The van der Waals surface area contributed by atoms with Gasteiger partial charge in [-0.25, -0.2) is 0 Å². The number of para-hydroxylation sites is 2. The molecule has 0 unspecified atom stereocenters. The molecule has 0 aliphatic heterocycles. The van der Waals surface area contributed by atoms with Gasteiger partial charge in [-0.2, -0.15) is 0 Å². The Hall–Kier alpha value is -2.89. The van der Waals surface area contributed by atoms with E-state index in [0.717, 1.165) is 11.3 Å².